The van der Waals surface area contributed by atoms with E-state index in [9.17, 15) is 9.59 Å². The van der Waals surface area contributed by atoms with E-state index in [1.165, 1.54) is 16.0 Å². The van der Waals surface area contributed by atoms with Crippen LogP contribution in [0.5, 0.6) is 0 Å². The van der Waals surface area contributed by atoms with Crippen molar-refractivity contribution in [3.05, 3.63) is 47.5 Å². The van der Waals surface area contributed by atoms with Crippen molar-refractivity contribution in [3.8, 4) is 0 Å². The SMILES string of the molecule is Cc1ccc(C(CCCNC(=O)N2CCCC2=O)N2CC=CCC2)cc1. The number of hydrogen-bond acceptors (Lipinski definition) is 3. The first-order chi connectivity index (χ1) is 12.6. The molecule has 1 unspecified atom stereocenters. The summed E-state index contributed by atoms with van der Waals surface area (Å²) in [6.45, 7) is 5.32. The molecule has 1 saturated heterocycles. The van der Waals surface area contributed by atoms with Crippen LogP contribution in [-0.2, 0) is 4.79 Å². The summed E-state index contributed by atoms with van der Waals surface area (Å²) in [5.41, 5.74) is 2.61. The molecule has 1 atom stereocenters. The summed E-state index contributed by atoms with van der Waals surface area (Å²) in [5, 5.41) is 2.91. The van der Waals surface area contributed by atoms with Crippen LogP contribution in [0.4, 0.5) is 4.79 Å². The van der Waals surface area contributed by atoms with Gasteiger partial charge in [0, 0.05) is 38.6 Å². The van der Waals surface area contributed by atoms with E-state index >= 15 is 0 Å². The fourth-order valence-electron chi connectivity index (χ4n) is 3.74. The van der Waals surface area contributed by atoms with E-state index in [2.05, 4.69) is 53.6 Å². The van der Waals surface area contributed by atoms with E-state index < -0.39 is 0 Å². The summed E-state index contributed by atoms with van der Waals surface area (Å²) in [4.78, 5) is 27.6. The number of urea groups is 1. The van der Waals surface area contributed by atoms with Gasteiger partial charge in [0.1, 0.15) is 0 Å². The van der Waals surface area contributed by atoms with Gasteiger partial charge in [0.2, 0.25) is 5.91 Å². The second-order valence-electron chi connectivity index (χ2n) is 7.20. The van der Waals surface area contributed by atoms with Crippen molar-refractivity contribution in [3.63, 3.8) is 0 Å². The number of carbonyl (C=O) groups is 2. The molecule has 0 aliphatic carbocycles. The van der Waals surface area contributed by atoms with Crippen LogP contribution in [0.15, 0.2) is 36.4 Å². The van der Waals surface area contributed by atoms with Crippen molar-refractivity contribution < 1.29 is 9.59 Å². The number of imide groups is 1. The molecule has 5 nitrogen and oxygen atoms in total. The first kappa shape index (κ1) is 18.6. The summed E-state index contributed by atoms with van der Waals surface area (Å²) >= 11 is 0. The van der Waals surface area contributed by atoms with E-state index in [4.69, 9.17) is 0 Å². The third-order valence-corrected chi connectivity index (χ3v) is 5.24. The van der Waals surface area contributed by atoms with Crippen LogP contribution in [0.2, 0.25) is 0 Å². The van der Waals surface area contributed by atoms with Gasteiger partial charge in [0.15, 0.2) is 0 Å². The van der Waals surface area contributed by atoms with Gasteiger partial charge in [-0.15, -0.1) is 0 Å². The lowest BCUT2D eigenvalue weighted by Gasteiger charge is -2.33. The molecule has 2 heterocycles. The van der Waals surface area contributed by atoms with Gasteiger partial charge in [-0.3, -0.25) is 14.6 Å². The number of carbonyl (C=O) groups excluding carboxylic acids is 2. The number of rotatable bonds is 6. The Kier molecular flexibility index (Phi) is 6.45. The molecule has 3 rings (SSSR count). The molecule has 1 fully saturated rings. The first-order valence-corrected chi connectivity index (χ1v) is 9.69. The molecule has 5 heteroatoms. The van der Waals surface area contributed by atoms with Crippen molar-refractivity contribution >= 4 is 11.9 Å². The van der Waals surface area contributed by atoms with Gasteiger partial charge in [0.25, 0.3) is 0 Å². The molecule has 1 N–H and O–H groups in total. The Hall–Kier alpha value is -2.14. The van der Waals surface area contributed by atoms with E-state index in [-0.39, 0.29) is 11.9 Å². The minimum atomic E-state index is -0.236. The molecule has 0 bridgehead atoms. The quantitative estimate of drug-likeness (QED) is 0.628. The van der Waals surface area contributed by atoms with Crippen molar-refractivity contribution in [2.24, 2.45) is 0 Å². The number of amides is 3. The van der Waals surface area contributed by atoms with Gasteiger partial charge in [-0.1, -0.05) is 42.0 Å². The van der Waals surface area contributed by atoms with Crippen molar-refractivity contribution in [1.82, 2.24) is 15.1 Å². The molecule has 3 amide bonds. The van der Waals surface area contributed by atoms with Crippen molar-refractivity contribution in [2.75, 3.05) is 26.2 Å². The number of nitrogens with one attached hydrogen (secondary N) is 1. The van der Waals surface area contributed by atoms with E-state index in [1.807, 2.05) is 0 Å². The van der Waals surface area contributed by atoms with Crippen LogP contribution >= 0.6 is 0 Å². The van der Waals surface area contributed by atoms with Gasteiger partial charge in [0.05, 0.1) is 0 Å². The number of nitrogens with zero attached hydrogens (tertiary/aromatic N) is 2. The van der Waals surface area contributed by atoms with Crippen LogP contribution in [-0.4, -0.2) is 47.9 Å². The fourth-order valence-corrected chi connectivity index (χ4v) is 3.74. The largest absolute Gasteiger partial charge is 0.338 e. The Morgan fingerprint density at radius 2 is 2.00 bits per heavy atom. The highest BCUT2D eigenvalue weighted by molar-refractivity contribution is 5.95. The number of benzene rings is 1. The van der Waals surface area contributed by atoms with Crippen LogP contribution in [0.1, 0.15) is 49.3 Å². The molecule has 2 aliphatic heterocycles. The molecular weight excluding hydrogens is 326 g/mol. The maximum atomic E-state index is 12.1. The van der Waals surface area contributed by atoms with Gasteiger partial charge in [-0.05, 0) is 38.2 Å². The van der Waals surface area contributed by atoms with E-state index in [0.29, 0.717) is 25.6 Å². The summed E-state index contributed by atoms with van der Waals surface area (Å²) in [6, 6.07) is 8.91. The average molecular weight is 355 g/mol. The smallest absolute Gasteiger partial charge is 0.324 e. The van der Waals surface area contributed by atoms with Crippen LogP contribution in [0, 0.1) is 6.92 Å². The van der Waals surface area contributed by atoms with Crippen LogP contribution in [0.25, 0.3) is 0 Å². The second kappa shape index (κ2) is 8.99. The van der Waals surface area contributed by atoms with E-state index in [1.54, 1.807) is 0 Å². The second-order valence-corrected chi connectivity index (χ2v) is 7.20. The Labute approximate surface area is 156 Å². The lowest BCUT2D eigenvalue weighted by Crippen LogP contribution is -2.41. The molecule has 0 radical (unpaired) electrons. The third-order valence-electron chi connectivity index (χ3n) is 5.24. The lowest BCUT2D eigenvalue weighted by atomic mass is 9.98. The highest BCUT2D eigenvalue weighted by atomic mass is 16.2. The zero-order valence-electron chi connectivity index (χ0n) is 15.6. The molecule has 0 saturated carbocycles. The molecule has 1 aromatic rings. The topological polar surface area (TPSA) is 52.7 Å². The predicted octanol–water partition coefficient (Wildman–Crippen LogP) is 3.41. The molecule has 0 aromatic heterocycles. The maximum Gasteiger partial charge on any atom is 0.324 e. The lowest BCUT2D eigenvalue weighted by molar-refractivity contribution is -0.125. The molecule has 140 valence electrons. The summed E-state index contributed by atoms with van der Waals surface area (Å²) in [7, 11) is 0. The Morgan fingerprint density at radius 3 is 2.65 bits per heavy atom. The Bertz CT molecular complexity index is 654. The summed E-state index contributed by atoms with van der Waals surface area (Å²) in [6.07, 6.45) is 8.74. The van der Waals surface area contributed by atoms with Gasteiger partial charge < -0.3 is 5.32 Å². The molecule has 1 aromatic carbocycles. The predicted molar refractivity (Wildman–Crippen MR) is 103 cm³/mol. The minimum absolute atomic E-state index is 0.0554. The Morgan fingerprint density at radius 1 is 1.19 bits per heavy atom. The van der Waals surface area contributed by atoms with E-state index in [0.717, 1.165) is 38.8 Å². The van der Waals surface area contributed by atoms with Gasteiger partial charge in [-0.25, -0.2) is 4.79 Å². The molecular formula is C21H29N3O2. The van der Waals surface area contributed by atoms with Crippen LogP contribution < -0.4 is 5.32 Å². The molecule has 0 spiro atoms. The fraction of sp³-hybridized carbons (Fsp3) is 0.524. The summed E-state index contributed by atoms with van der Waals surface area (Å²) < 4.78 is 0. The van der Waals surface area contributed by atoms with Crippen LogP contribution in [0.3, 0.4) is 0 Å². The monoisotopic (exact) mass is 355 g/mol. The average Bonchev–Trinajstić information content (AvgIpc) is 3.09. The highest BCUT2D eigenvalue weighted by Gasteiger charge is 2.26. The Balaban J connectivity index is 1.54. The number of likely N-dealkylation sites (tertiary alicyclic amines) is 1. The van der Waals surface area contributed by atoms with Gasteiger partial charge >= 0.3 is 6.03 Å². The number of aryl methyl sites for hydroxylation is 1. The normalized spacial score (nSPS) is 19.0. The first-order valence-electron chi connectivity index (χ1n) is 9.69. The summed E-state index contributed by atoms with van der Waals surface area (Å²) in [5.74, 6) is -0.0554. The minimum Gasteiger partial charge on any atom is -0.338 e. The highest BCUT2D eigenvalue weighted by Crippen LogP contribution is 2.27. The standard InChI is InChI=1S/C21H29N3O2/c1-17-9-11-18(12-10-17)19(23-14-3-2-4-15-23)7-5-13-22-21(26)24-16-6-8-20(24)25/h2-3,9-12,19H,4-8,13-16H2,1H3,(H,22,26). The zero-order valence-corrected chi connectivity index (χ0v) is 15.6. The van der Waals surface area contributed by atoms with Crippen molar-refractivity contribution in [2.45, 2.75) is 45.1 Å². The number of hydrogen-bond donors (Lipinski definition) is 1. The zero-order chi connectivity index (χ0) is 18.4. The third kappa shape index (κ3) is 4.73. The van der Waals surface area contributed by atoms with Gasteiger partial charge in [-0.2, -0.15) is 0 Å². The molecule has 2 aliphatic rings. The molecule has 26 heavy (non-hydrogen) atoms. The van der Waals surface area contributed by atoms with Crippen molar-refractivity contribution in [1.29, 1.82) is 0 Å². The maximum absolute atomic E-state index is 12.1.